The van der Waals surface area contributed by atoms with Gasteiger partial charge in [0.05, 0.1) is 6.54 Å². The summed E-state index contributed by atoms with van der Waals surface area (Å²) in [4.78, 5) is 0. The van der Waals surface area contributed by atoms with Gasteiger partial charge < -0.3 is 5.73 Å². The van der Waals surface area contributed by atoms with Crippen LogP contribution in [-0.4, -0.2) is 26.8 Å². The zero-order chi connectivity index (χ0) is 12.3. The van der Waals surface area contributed by atoms with E-state index in [-0.39, 0.29) is 0 Å². The highest BCUT2D eigenvalue weighted by atomic mass is 15.5. The van der Waals surface area contributed by atoms with Crippen LogP contribution in [0.3, 0.4) is 0 Å². The van der Waals surface area contributed by atoms with E-state index in [9.17, 15) is 0 Å². The van der Waals surface area contributed by atoms with Crippen molar-refractivity contribution in [3.63, 3.8) is 0 Å². The quantitative estimate of drug-likeness (QED) is 0.862. The lowest BCUT2D eigenvalue weighted by Crippen LogP contribution is -2.21. The third-order valence-electron chi connectivity index (χ3n) is 3.98. The van der Waals surface area contributed by atoms with E-state index >= 15 is 0 Å². The first-order chi connectivity index (χ1) is 8.22. The molecule has 0 aromatic carbocycles. The first-order valence-corrected chi connectivity index (χ1v) is 6.68. The molecule has 5 nitrogen and oxygen atoms in total. The third-order valence-corrected chi connectivity index (χ3v) is 3.98. The fourth-order valence-electron chi connectivity index (χ4n) is 2.83. The second-order valence-corrected chi connectivity index (χ2v) is 5.40. The molecule has 1 aliphatic rings. The minimum Gasteiger partial charge on any atom is -0.329 e. The molecule has 17 heavy (non-hydrogen) atoms. The smallest absolute Gasteiger partial charge is 0.154 e. The maximum atomic E-state index is 5.56. The molecule has 2 N–H and O–H groups in total. The molecule has 1 aromatic heterocycles. The van der Waals surface area contributed by atoms with Gasteiger partial charge in [-0.3, -0.25) is 0 Å². The Kier molecular flexibility index (Phi) is 4.10. The minimum atomic E-state index is 0.534. The summed E-state index contributed by atoms with van der Waals surface area (Å²) in [6, 6.07) is 0. The Labute approximate surface area is 103 Å². The van der Waals surface area contributed by atoms with Crippen LogP contribution in [0.15, 0.2) is 0 Å². The summed E-state index contributed by atoms with van der Waals surface area (Å²) in [6.45, 7) is 5.97. The Morgan fingerprint density at radius 3 is 2.59 bits per heavy atom. The summed E-state index contributed by atoms with van der Waals surface area (Å²) in [5.74, 6) is 3.25. The van der Waals surface area contributed by atoms with Gasteiger partial charge in [-0.05, 0) is 47.9 Å². The van der Waals surface area contributed by atoms with Crippen LogP contribution in [0.1, 0.15) is 51.3 Å². The molecule has 0 bridgehead atoms. The molecule has 0 unspecified atom stereocenters. The summed E-state index contributed by atoms with van der Waals surface area (Å²) in [7, 11) is 0. The fraction of sp³-hybridized carbons (Fsp3) is 0.917. The molecular weight excluding hydrogens is 214 g/mol. The van der Waals surface area contributed by atoms with Crippen LogP contribution in [0.4, 0.5) is 0 Å². The van der Waals surface area contributed by atoms with Crippen molar-refractivity contribution < 1.29 is 0 Å². The monoisotopic (exact) mass is 237 g/mol. The average Bonchev–Trinajstić information content (AvgIpc) is 2.78. The van der Waals surface area contributed by atoms with Gasteiger partial charge in [0.25, 0.3) is 0 Å². The molecule has 0 spiro atoms. The van der Waals surface area contributed by atoms with Crippen molar-refractivity contribution in [1.82, 2.24) is 20.2 Å². The summed E-state index contributed by atoms with van der Waals surface area (Å²) < 4.78 is 1.88. The summed E-state index contributed by atoms with van der Waals surface area (Å²) in [6.07, 6.45) is 5.04. The molecule has 0 saturated heterocycles. The average molecular weight is 237 g/mol. The van der Waals surface area contributed by atoms with E-state index < -0.39 is 0 Å². The highest BCUT2D eigenvalue weighted by molar-refractivity contribution is 4.96. The predicted octanol–water partition coefficient (Wildman–Crippen LogP) is 1.56. The standard InChI is InChI=1S/C12H23N5/c1-9(2)10-3-5-11(6-4-10)12-14-15-16-17(12)8-7-13/h9-11H,3-8,13H2,1-2H3. The predicted molar refractivity (Wildman–Crippen MR) is 66.4 cm³/mol. The molecule has 1 aliphatic carbocycles. The Bertz CT molecular complexity index is 338. The lowest BCUT2D eigenvalue weighted by Gasteiger charge is -2.30. The Morgan fingerprint density at radius 2 is 2.00 bits per heavy atom. The Hall–Kier alpha value is -0.970. The molecule has 1 fully saturated rings. The summed E-state index contributed by atoms with van der Waals surface area (Å²) in [5, 5.41) is 12.0. The third kappa shape index (κ3) is 2.83. The first kappa shape index (κ1) is 12.5. The van der Waals surface area contributed by atoms with Gasteiger partial charge in [0.15, 0.2) is 5.82 Å². The number of nitrogens with two attached hydrogens (primary N) is 1. The topological polar surface area (TPSA) is 69.6 Å². The van der Waals surface area contributed by atoms with Crippen LogP contribution in [0, 0.1) is 11.8 Å². The van der Waals surface area contributed by atoms with E-state index in [1.807, 2.05) is 4.68 Å². The molecule has 0 amide bonds. The molecule has 0 radical (unpaired) electrons. The van der Waals surface area contributed by atoms with Crippen molar-refractivity contribution in [1.29, 1.82) is 0 Å². The van der Waals surface area contributed by atoms with E-state index in [0.29, 0.717) is 12.5 Å². The molecule has 0 aliphatic heterocycles. The molecule has 1 heterocycles. The summed E-state index contributed by atoms with van der Waals surface area (Å²) >= 11 is 0. The Balaban J connectivity index is 1.98. The molecule has 1 saturated carbocycles. The fourth-order valence-corrected chi connectivity index (χ4v) is 2.83. The van der Waals surface area contributed by atoms with Gasteiger partial charge in [-0.25, -0.2) is 4.68 Å². The lowest BCUT2D eigenvalue weighted by atomic mass is 9.77. The second-order valence-electron chi connectivity index (χ2n) is 5.40. The van der Waals surface area contributed by atoms with Crippen LogP contribution < -0.4 is 5.73 Å². The lowest BCUT2D eigenvalue weighted by molar-refractivity contribution is 0.251. The van der Waals surface area contributed by atoms with Gasteiger partial charge in [0.2, 0.25) is 0 Å². The van der Waals surface area contributed by atoms with Gasteiger partial charge >= 0.3 is 0 Å². The zero-order valence-corrected chi connectivity index (χ0v) is 10.8. The van der Waals surface area contributed by atoms with Gasteiger partial charge in [-0.15, -0.1) is 5.10 Å². The molecule has 2 rings (SSSR count). The molecule has 0 atom stereocenters. The van der Waals surface area contributed by atoms with E-state index in [4.69, 9.17) is 5.73 Å². The number of rotatable bonds is 4. The van der Waals surface area contributed by atoms with E-state index in [2.05, 4.69) is 29.4 Å². The van der Waals surface area contributed by atoms with Crippen molar-refractivity contribution in [3.05, 3.63) is 5.82 Å². The van der Waals surface area contributed by atoms with Crippen molar-refractivity contribution in [2.24, 2.45) is 17.6 Å². The van der Waals surface area contributed by atoms with Gasteiger partial charge in [-0.2, -0.15) is 0 Å². The van der Waals surface area contributed by atoms with Crippen LogP contribution in [0.5, 0.6) is 0 Å². The van der Waals surface area contributed by atoms with Gasteiger partial charge in [0, 0.05) is 12.5 Å². The SMILES string of the molecule is CC(C)C1CCC(c2nnnn2CCN)CC1. The molecular formula is C12H23N5. The Morgan fingerprint density at radius 1 is 1.29 bits per heavy atom. The highest BCUT2D eigenvalue weighted by Crippen LogP contribution is 2.37. The highest BCUT2D eigenvalue weighted by Gasteiger charge is 2.27. The summed E-state index contributed by atoms with van der Waals surface area (Å²) in [5.41, 5.74) is 5.56. The number of tetrazole rings is 1. The van der Waals surface area contributed by atoms with Crippen molar-refractivity contribution in [3.8, 4) is 0 Å². The zero-order valence-electron chi connectivity index (χ0n) is 10.8. The normalized spacial score (nSPS) is 25.4. The number of nitrogens with zero attached hydrogens (tertiary/aromatic N) is 4. The second kappa shape index (κ2) is 5.58. The largest absolute Gasteiger partial charge is 0.329 e. The van der Waals surface area contributed by atoms with Crippen LogP contribution in [-0.2, 0) is 6.54 Å². The molecule has 96 valence electrons. The number of hydrogen-bond donors (Lipinski definition) is 1. The molecule has 1 aromatic rings. The maximum Gasteiger partial charge on any atom is 0.154 e. The van der Waals surface area contributed by atoms with Crippen LogP contribution in [0.25, 0.3) is 0 Å². The van der Waals surface area contributed by atoms with Gasteiger partial charge in [0.1, 0.15) is 0 Å². The van der Waals surface area contributed by atoms with Crippen molar-refractivity contribution in [2.75, 3.05) is 6.54 Å². The van der Waals surface area contributed by atoms with Crippen molar-refractivity contribution in [2.45, 2.75) is 52.0 Å². The number of aromatic nitrogens is 4. The van der Waals surface area contributed by atoms with Crippen LogP contribution >= 0.6 is 0 Å². The van der Waals surface area contributed by atoms with Gasteiger partial charge in [-0.1, -0.05) is 13.8 Å². The van der Waals surface area contributed by atoms with E-state index in [1.54, 1.807) is 0 Å². The number of hydrogen-bond acceptors (Lipinski definition) is 4. The molecule has 5 heteroatoms. The van der Waals surface area contributed by atoms with Crippen LogP contribution in [0.2, 0.25) is 0 Å². The first-order valence-electron chi connectivity index (χ1n) is 6.68. The van der Waals surface area contributed by atoms with E-state index in [1.165, 1.54) is 25.7 Å². The van der Waals surface area contributed by atoms with Crippen molar-refractivity contribution >= 4 is 0 Å². The maximum absolute atomic E-state index is 5.56. The van der Waals surface area contributed by atoms with E-state index in [0.717, 1.165) is 24.2 Å². The minimum absolute atomic E-state index is 0.534.